The van der Waals surface area contributed by atoms with Gasteiger partial charge in [-0.05, 0) is 30.2 Å². The Labute approximate surface area is 139 Å². The molecule has 0 fully saturated rings. The third-order valence-electron chi connectivity index (χ3n) is 3.68. The van der Waals surface area contributed by atoms with Gasteiger partial charge in [-0.15, -0.1) is 0 Å². The quantitative estimate of drug-likeness (QED) is 0.872. The first-order valence-corrected chi connectivity index (χ1v) is 7.69. The first kappa shape index (κ1) is 15.3. The van der Waals surface area contributed by atoms with Crippen molar-refractivity contribution in [3.05, 3.63) is 70.9 Å². The normalized spacial score (nSPS) is 14.6. The van der Waals surface area contributed by atoms with Gasteiger partial charge in [-0.25, -0.2) is 4.90 Å². The lowest BCUT2D eigenvalue weighted by atomic mass is 10.1. The Morgan fingerprint density at radius 2 is 1.61 bits per heavy atom. The third kappa shape index (κ3) is 2.73. The number of hydrogen-bond donors (Lipinski definition) is 1. The Morgan fingerprint density at radius 1 is 0.957 bits per heavy atom. The van der Waals surface area contributed by atoms with Gasteiger partial charge in [-0.3, -0.25) is 9.59 Å². The second-order valence-electron chi connectivity index (χ2n) is 5.11. The van der Waals surface area contributed by atoms with Crippen molar-refractivity contribution in [3.63, 3.8) is 0 Å². The van der Waals surface area contributed by atoms with Crippen molar-refractivity contribution in [1.82, 2.24) is 0 Å². The molecule has 1 aliphatic heterocycles. The molecular formula is C18H15ClN2O2. The Balaban J connectivity index is 1.96. The molecule has 2 amide bonds. The molecule has 0 radical (unpaired) electrons. The molecule has 0 aliphatic carbocycles. The van der Waals surface area contributed by atoms with Crippen molar-refractivity contribution in [2.24, 2.45) is 0 Å². The number of nitrogens with one attached hydrogen (secondary N) is 1. The van der Waals surface area contributed by atoms with Gasteiger partial charge in [-0.1, -0.05) is 54.9 Å². The van der Waals surface area contributed by atoms with Crippen LogP contribution in [0.4, 0.5) is 11.4 Å². The summed E-state index contributed by atoms with van der Waals surface area (Å²) in [6, 6.07) is 16.5. The molecule has 116 valence electrons. The lowest BCUT2D eigenvalue weighted by Crippen LogP contribution is -2.33. The minimum atomic E-state index is -0.504. The van der Waals surface area contributed by atoms with Gasteiger partial charge in [0.25, 0.3) is 11.8 Å². The van der Waals surface area contributed by atoms with E-state index in [0.29, 0.717) is 17.8 Å². The maximum atomic E-state index is 12.7. The van der Waals surface area contributed by atoms with Crippen LogP contribution in [-0.4, -0.2) is 11.8 Å². The fourth-order valence-corrected chi connectivity index (χ4v) is 2.74. The third-order valence-corrected chi connectivity index (χ3v) is 4.03. The highest BCUT2D eigenvalue weighted by atomic mass is 35.5. The van der Waals surface area contributed by atoms with E-state index in [-0.39, 0.29) is 10.7 Å². The summed E-state index contributed by atoms with van der Waals surface area (Å²) in [7, 11) is 0. The Hall–Kier alpha value is -2.59. The lowest BCUT2D eigenvalue weighted by Gasteiger charge is -2.18. The molecule has 0 bridgehead atoms. The topological polar surface area (TPSA) is 49.4 Å². The fourth-order valence-electron chi connectivity index (χ4n) is 2.52. The summed E-state index contributed by atoms with van der Waals surface area (Å²) >= 11 is 6.12. The average molecular weight is 327 g/mol. The zero-order valence-electron chi connectivity index (χ0n) is 12.5. The Kier molecular flexibility index (Phi) is 4.17. The number of anilines is 2. The van der Waals surface area contributed by atoms with Gasteiger partial charge in [0.15, 0.2) is 0 Å². The van der Waals surface area contributed by atoms with Crippen LogP contribution >= 0.6 is 11.6 Å². The average Bonchev–Trinajstić information content (AvgIpc) is 2.79. The second kappa shape index (κ2) is 6.26. The molecule has 3 rings (SSSR count). The first-order valence-electron chi connectivity index (χ1n) is 7.32. The van der Waals surface area contributed by atoms with Crippen LogP contribution in [0, 0.1) is 0 Å². The molecule has 4 nitrogen and oxygen atoms in total. The molecule has 23 heavy (non-hydrogen) atoms. The molecule has 1 heterocycles. The van der Waals surface area contributed by atoms with Gasteiger partial charge in [-0.2, -0.15) is 0 Å². The van der Waals surface area contributed by atoms with Crippen molar-refractivity contribution in [1.29, 1.82) is 0 Å². The van der Waals surface area contributed by atoms with E-state index >= 15 is 0 Å². The van der Waals surface area contributed by atoms with Gasteiger partial charge in [0.05, 0.1) is 5.69 Å². The molecule has 5 heteroatoms. The SMILES string of the molecule is CCc1ccccc1N1C(=O)C(Cl)=C(Nc2ccccc2)C1=O. The largest absolute Gasteiger partial charge is 0.350 e. The van der Waals surface area contributed by atoms with E-state index in [1.807, 2.05) is 37.3 Å². The van der Waals surface area contributed by atoms with Crippen LogP contribution < -0.4 is 10.2 Å². The van der Waals surface area contributed by atoms with E-state index in [4.69, 9.17) is 11.6 Å². The Bertz CT molecular complexity index is 800. The van der Waals surface area contributed by atoms with Gasteiger partial charge in [0, 0.05) is 5.69 Å². The molecule has 0 saturated carbocycles. The highest BCUT2D eigenvalue weighted by molar-refractivity contribution is 6.53. The smallest absolute Gasteiger partial charge is 0.283 e. The highest BCUT2D eigenvalue weighted by Crippen LogP contribution is 2.32. The van der Waals surface area contributed by atoms with Crippen LogP contribution in [0.3, 0.4) is 0 Å². The number of carbonyl (C=O) groups excluding carboxylic acids is 2. The number of hydrogen-bond acceptors (Lipinski definition) is 3. The number of aryl methyl sites for hydroxylation is 1. The van der Waals surface area contributed by atoms with E-state index in [0.717, 1.165) is 10.5 Å². The van der Waals surface area contributed by atoms with Gasteiger partial charge < -0.3 is 5.32 Å². The van der Waals surface area contributed by atoms with E-state index < -0.39 is 11.8 Å². The summed E-state index contributed by atoms with van der Waals surface area (Å²) in [5, 5.41) is 2.85. The number of halogens is 1. The molecule has 2 aromatic carbocycles. The van der Waals surface area contributed by atoms with Crippen LogP contribution in [0.1, 0.15) is 12.5 Å². The summed E-state index contributed by atoms with van der Waals surface area (Å²) < 4.78 is 0. The maximum Gasteiger partial charge on any atom is 0.283 e. The van der Waals surface area contributed by atoms with Crippen molar-refractivity contribution >= 4 is 34.8 Å². The summed E-state index contributed by atoms with van der Waals surface area (Å²) in [5.74, 6) is -0.944. The van der Waals surface area contributed by atoms with E-state index in [2.05, 4.69) is 5.32 Å². The number of rotatable bonds is 4. The predicted octanol–water partition coefficient (Wildman–Crippen LogP) is 3.68. The molecule has 1 aliphatic rings. The van der Waals surface area contributed by atoms with Crippen molar-refractivity contribution in [3.8, 4) is 0 Å². The van der Waals surface area contributed by atoms with Crippen LogP contribution in [-0.2, 0) is 16.0 Å². The monoisotopic (exact) mass is 326 g/mol. The molecule has 1 N–H and O–H groups in total. The number of imide groups is 1. The Morgan fingerprint density at radius 3 is 2.30 bits per heavy atom. The summed E-state index contributed by atoms with van der Waals surface area (Å²) in [4.78, 5) is 26.3. The number of para-hydroxylation sites is 2. The minimum Gasteiger partial charge on any atom is -0.350 e. The van der Waals surface area contributed by atoms with Crippen LogP contribution in [0.15, 0.2) is 65.3 Å². The van der Waals surface area contributed by atoms with E-state index in [1.54, 1.807) is 24.3 Å². The molecule has 0 aromatic heterocycles. The molecule has 2 aromatic rings. The first-order chi connectivity index (χ1) is 11.1. The molecule has 0 spiro atoms. The number of benzene rings is 2. The highest BCUT2D eigenvalue weighted by Gasteiger charge is 2.39. The minimum absolute atomic E-state index is 0.0928. The molecule has 0 atom stereocenters. The van der Waals surface area contributed by atoms with Crippen LogP contribution in [0.2, 0.25) is 0 Å². The molecule has 0 unspecified atom stereocenters. The van der Waals surface area contributed by atoms with Crippen molar-refractivity contribution < 1.29 is 9.59 Å². The van der Waals surface area contributed by atoms with E-state index in [9.17, 15) is 9.59 Å². The summed E-state index contributed by atoms with van der Waals surface area (Å²) in [5.41, 5.74) is 2.30. The standard InChI is InChI=1S/C18H15ClN2O2/c1-2-12-8-6-7-11-14(12)21-17(22)15(19)16(18(21)23)20-13-9-4-3-5-10-13/h3-11,20H,2H2,1H3. The van der Waals surface area contributed by atoms with Gasteiger partial charge in [0.1, 0.15) is 10.7 Å². The zero-order chi connectivity index (χ0) is 16.4. The van der Waals surface area contributed by atoms with Gasteiger partial charge in [0.2, 0.25) is 0 Å². The van der Waals surface area contributed by atoms with Crippen molar-refractivity contribution in [2.45, 2.75) is 13.3 Å². The predicted molar refractivity (Wildman–Crippen MR) is 91.3 cm³/mol. The van der Waals surface area contributed by atoms with Crippen LogP contribution in [0.25, 0.3) is 0 Å². The number of carbonyl (C=O) groups is 2. The fraction of sp³-hybridized carbons (Fsp3) is 0.111. The molecule has 0 saturated heterocycles. The van der Waals surface area contributed by atoms with Crippen molar-refractivity contribution in [2.75, 3.05) is 10.2 Å². The lowest BCUT2D eigenvalue weighted by molar-refractivity contribution is -0.120. The number of nitrogens with zero attached hydrogens (tertiary/aromatic N) is 1. The number of amides is 2. The second-order valence-corrected chi connectivity index (χ2v) is 5.49. The zero-order valence-corrected chi connectivity index (χ0v) is 13.3. The summed E-state index contributed by atoms with van der Waals surface area (Å²) in [6.45, 7) is 1.97. The molecular weight excluding hydrogens is 312 g/mol. The summed E-state index contributed by atoms with van der Waals surface area (Å²) in [6.07, 6.45) is 0.715. The van der Waals surface area contributed by atoms with Gasteiger partial charge >= 0.3 is 0 Å². The van der Waals surface area contributed by atoms with E-state index in [1.165, 1.54) is 0 Å². The van der Waals surface area contributed by atoms with Crippen LogP contribution in [0.5, 0.6) is 0 Å². The maximum absolute atomic E-state index is 12.7.